The normalized spacial score (nSPS) is 10.6. The van der Waals surface area contributed by atoms with Gasteiger partial charge in [0.2, 0.25) is 11.8 Å². The van der Waals surface area contributed by atoms with E-state index in [1.807, 2.05) is 6.92 Å². The Labute approximate surface area is 147 Å². The Morgan fingerprint density at radius 1 is 1.25 bits per heavy atom. The molecule has 24 heavy (non-hydrogen) atoms. The average Bonchev–Trinajstić information content (AvgIpc) is 3.05. The first-order valence-corrected chi connectivity index (χ1v) is 8.41. The summed E-state index contributed by atoms with van der Waals surface area (Å²) in [4.78, 5) is 16.0. The Morgan fingerprint density at radius 3 is 2.79 bits per heavy atom. The van der Waals surface area contributed by atoms with E-state index in [2.05, 4.69) is 20.5 Å². The highest BCUT2D eigenvalue weighted by Crippen LogP contribution is 2.23. The van der Waals surface area contributed by atoms with Crippen LogP contribution in [0.1, 0.15) is 5.56 Å². The minimum Gasteiger partial charge on any atom is -0.411 e. The Bertz CT molecular complexity index is 854. The van der Waals surface area contributed by atoms with Crippen LogP contribution in [0.25, 0.3) is 11.5 Å². The fraction of sp³-hybridized carbons (Fsp3) is 0.125. The number of nitrogens with one attached hydrogen (secondary N) is 1. The maximum absolute atomic E-state index is 12.0. The second-order valence-corrected chi connectivity index (χ2v) is 6.27. The van der Waals surface area contributed by atoms with Crippen molar-refractivity contribution in [3.05, 3.63) is 53.3 Å². The molecule has 0 aliphatic carbocycles. The van der Waals surface area contributed by atoms with Gasteiger partial charge in [0.05, 0.1) is 5.75 Å². The van der Waals surface area contributed by atoms with Crippen LogP contribution < -0.4 is 5.32 Å². The quantitative estimate of drug-likeness (QED) is 0.696. The Kier molecular flexibility index (Phi) is 5.12. The third-order valence-electron chi connectivity index (χ3n) is 3.12. The van der Waals surface area contributed by atoms with E-state index < -0.39 is 0 Å². The number of thioether (sulfide) groups is 1. The lowest BCUT2D eigenvalue weighted by atomic mass is 10.2. The zero-order valence-corrected chi connectivity index (χ0v) is 14.3. The van der Waals surface area contributed by atoms with Crippen molar-refractivity contribution in [3.8, 4) is 11.5 Å². The summed E-state index contributed by atoms with van der Waals surface area (Å²) < 4.78 is 5.53. The van der Waals surface area contributed by atoms with Gasteiger partial charge in [-0.3, -0.25) is 9.78 Å². The van der Waals surface area contributed by atoms with Crippen molar-refractivity contribution in [2.45, 2.75) is 12.1 Å². The minimum absolute atomic E-state index is 0.158. The Hall–Kier alpha value is -2.38. The third kappa shape index (κ3) is 4.12. The van der Waals surface area contributed by atoms with Crippen molar-refractivity contribution in [2.75, 3.05) is 11.1 Å². The second-order valence-electron chi connectivity index (χ2n) is 4.91. The molecule has 0 saturated carbocycles. The molecule has 2 heterocycles. The van der Waals surface area contributed by atoms with Crippen molar-refractivity contribution in [1.29, 1.82) is 0 Å². The van der Waals surface area contributed by atoms with E-state index in [1.54, 1.807) is 42.7 Å². The molecule has 8 heteroatoms. The Morgan fingerprint density at radius 2 is 2.04 bits per heavy atom. The van der Waals surface area contributed by atoms with Gasteiger partial charge in [-0.05, 0) is 42.8 Å². The summed E-state index contributed by atoms with van der Waals surface area (Å²) in [5, 5.41) is 11.7. The van der Waals surface area contributed by atoms with Crippen LogP contribution in [0.4, 0.5) is 5.69 Å². The van der Waals surface area contributed by atoms with Gasteiger partial charge in [-0.1, -0.05) is 23.4 Å². The fourth-order valence-corrected chi connectivity index (χ4v) is 2.75. The molecular formula is C16H13ClN4O2S. The van der Waals surface area contributed by atoms with Gasteiger partial charge >= 0.3 is 0 Å². The fourth-order valence-electron chi connectivity index (χ4n) is 1.96. The van der Waals surface area contributed by atoms with E-state index in [-0.39, 0.29) is 11.7 Å². The van der Waals surface area contributed by atoms with Gasteiger partial charge in [0, 0.05) is 28.7 Å². The summed E-state index contributed by atoms with van der Waals surface area (Å²) in [5.74, 6) is 0.406. The van der Waals surface area contributed by atoms with Crippen LogP contribution in [0.5, 0.6) is 0 Å². The number of carbonyl (C=O) groups is 1. The second kappa shape index (κ2) is 7.46. The first-order valence-electron chi connectivity index (χ1n) is 7.04. The minimum atomic E-state index is -0.158. The monoisotopic (exact) mass is 360 g/mol. The van der Waals surface area contributed by atoms with Gasteiger partial charge in [0.15, 0.2) is 0 Å². The highest BCUT2D eigenvalue weighted by molar-refractivity contribution is 7.99. The molecule has 0 spiro atoms. The standard InChI is InChI=1S/C16H13ClN4O2S/c1-10-8-12(17)2-3-13(10)19-14(22)9-24-16-21-20-15(23-16)11-4-6-18-7-5-11/h2-8H,9H2,1H3,(H,19,22). The topological polar surface area (TPSA) is 80.9 Å². The predicted octanol–water partition coefficient (Wildman–Crippen LogP) is 3.82. The van der Waals surface area contributed by atoms with Crippen molar-refractivity contribution in [3.63, 3.8) is 0 Å². The van der Waals surface area contributed by atoms with Crippen LogP contribution in [0.15, 0.2) is 52.4 Å². The van der Waals surface area contributed by atoms with E-state index >= 15 is 0 Å². The number of nitrogens with zero attached hydrogens (tertiary/aromatic N) is 3. The van der Waals surface area contributed by atoms with Gasteiger partial charge in [0.25, 0.3) is 5.22 Å². The zero-order valence-electron chi connectivity index (χ0n) is 12.7. The number of aryl methyl sites for hydroxylation is 1. The number of pyridine rings is 1. The third-order valence-corrected chi connectivity index (χ3v) is 4.18. The van der Waals surface area contributed by atoms with E-state index in [4.69, 9.17) is 16.0 Å². The number of benzene rings is 1. The van der Waals surface area contributed by atoms with E-state index in [1.165, 1.54) is 11.8 Å². The summed E-state index contributed by atoms with van der Waals surface area (Å²) in [6.07, 6.45) is 3.29. The number of hydrogen-bond acceptors (Lipinski definition) is 6. The molecule has 122 valence electrons. The summed E-state index contributed by atoms with van der Waals surface area (Å²) in [5.41, 5.74) is 2.41. The molecule has 0 radical (unpaired) electrons. The molecule has 0 aliphatic heterocycles. The Balaban J connectivity index is 1.58. The largest absolute Gasteiger partial charge is 0.411 e. The molecule has 2 aromatic heterocycles. The van der Waals surface area contributed by atoms with Gasteiger partial charge < -0.3 is 9.73 Å². The zero-order chi connectivity index (χ0) is 16.9. The van der Waals surface area contributed by atoms with Crippen LogP contribution in [0.3, 0.4) is 0 Å². The molecule has 0 bridgehead atoms. The number of aromatic nitrogens is 3. The molecule has 1 amide bonds. The van der Waals surface area contributed by atoms with Crippen molar-refractivity contribution in [1.82, 2.24) is 15.2 Å². The molecule has 0 aliphatic rings. The number of anilines is 1. The lowest BCUT2D eigenvalue weighted by molar-refractivity contribution is -0.113. The molecule has 0 saturated heterocycles. The van der Waals surface area contributed by atoms with E-state index in [0.29, 0.717) is 16.1 Å². The summed E-state index contributed by atoms with van der Waals surface area (Å²) >= 11 is 7.08. The summed E-state index contributed by atoms with van der Waals surface area (Å²) in [6.45, 7) is 1.88. The maximum atomic E-state index is 12.0. The highest BCUT2D eigenvalue weighted by atomic mass is 35.5. The summed E-state index contributed by atoms with van der Waals surface area (Å²) in [7, 11) is 0. The van der Waals surface area contributed by atoms with Crippen molar-refractivity contribution < 1.29 is 9.21 Å². The molecule has 1 aromatic carbocycles. The average molecular weight is 361 g/mol. The summed E-state index contributed by atoms with van der Waals surface area (Å²) in [6, 6.07) is 8.85. The van der Waals surface area contributed by atoms with Crippen molar-refractivity contribution >= 4 is 35.0 Å². The first-order chi connectivity index (χ1) is 11.6. The number of rotatable bonds is 5. The molecule has 0 fully saturated rings. The van der Waals surface area contributed by atoms with Crippen LogP contribution in [-0.4, -0.2) is 26.8 Å². The van der Waals surface area contributed by atoms with Gasteiger partial charge in [0.1, 0.15) is 0 Å². The molecule has 1 N–H and O–H groups in total. The van der Waals surface area contributed by atoms with E-state index in [9.17, 15) is 4.79 Å². The molecule has 3 rings (SSSR count). The molecule has 3 aromatic rings. The number of carbonyl (C=O) groups excluding carboxylic acids is 1. The molecular weight excluding hydrogens is 348 g/mol. The maximum Gasteiger partial charge on any atom is 0.277 e. The van der Waals surface area contributed by atoms with Crippen LogP contribution >= 0.6 is 23.4 Å². The molecule has 0 atom stereocenters. The van der Waals surface area contributed by atoms with Crippen LogP contribution in [-0.2, 0) is 4.79 Å². The number of hydrogen-bond donors (Lipinski definition) is 1. The van der Waals surface area contributed by atoms with Crippen LogP contribution in [0.2, 0.25) is 5.02 Å². The number of amides is 1. The SMILES string of the molecule is Cc1cc(Cl)ccc1NC(=O)CSc1nnc(-c2ccncc2)o1. The van der Waals surface area contributed by atoms with E-state index in [0.717, 1.165) is 16.8 Å². The predicted molar refractivity (Wildman–Crippen MR) is 93.1 cm³/mol. The highest BCUT2D eigenvalue weighted by Gasteiger charge is 2.12. The smallest absolute Gasteiger partial charge is 0.277 e. The van der Waals surface area contributed by atoms with Gasteiger partial charge in [-0.2, -0.15) is 0 Å². The lowest BCUT2D eigenvalue weighted by Gasteiger charge is -2.07. The van der Waals surface area contributed by atoms with Gasteiger partial charge in [-0.15, -0.1) is 10.2 Å². The van der Waals surface area contributed by atoms with Gasteiger partial charge in [-0.25, -0.2) is 0 Å². The lowest BCUT2D eigenvalue weighted by Crippen LogP contribution is -2.14. The number of halogens is 1. The first kappa shape index (κ1) is 16.5. The molecule has 6 nitrogen and oxygen atoms in total. The molecule has 0 unspecified atom stereocenters. The van der Waals surface area contributed by atoms with Crippen molar-refractivity contribution in [2.24, 2.45) is 0 Å². The van der Waals surface area contributed by atoms with Crippen LogP contribution in [0, 0.1) is 6.92 Å².